The molecule has 0 spiro atoms. The average Bonchev–Trinajstić information content (AvgIpc) is 3.65. The van der Waals surface area contributed by atoms with E-state index in [1.807, 2.05) is 32.0 Å². The van der Waals surface area contributed by atoms with Crippen LogP contribution in [0.3, 0.4) is 0 Å². The molecule has 5 rings (SSSR count). The molecule has 0 saturated heterocycles. The fourth-order valence-corrected chi connectivity index (χ4v) is 5.53. The van der Waals surface area contributed by atoms with Crippen LogP contribution in [0.4, 0.5) is 5.69 Å². The minimum atomic E-state index is -0.873. The molecule has 42 heavy (non-hydrogen) atoms. The van der Waals surface area contributed by atoms with Gasteiger partial charge in [-0.05, 0) is 48.1 Å². The minimum absolute atomic E-state index is 0.167. The number of aryl methyl sites for hydroxylation is 1. The lowest BCUT2D eigenvalue weighted by Crippen LogP contribution is -2.58. The Morgan fingerprint density at radius 3 is 2.69 bits per heavy atom. The molecule has 12 heteroatoms. The Balaban J connectivity index is 1.34. The second-order valence-electron chi connectivity index (χ2n) is 10.7. The van der Waals surface area contributed by atoms with Gasteiger partial charge in [0.1, 0.15) is 29.6 Å². The number of aromatic nitrogens is 3. The Kier molecular flexibility index (Phi) is 8.51. The molecular weight excluding hydrogens is 538 g/mol. The first-order chi connectivity index (χ1) is 20.3. The monoisotopic (exact) mass is 573 g/mol. The van der Waals surface area contributed by atoms with Crippen LogP contribution >= 0.6 is 0 Å². The SMILES string of the molecule is CC[C@H](C)[C@H](NC(=O)c1cccc(OC)c1)C(=O)N[C@H]1CCc2cccc3c2N(C1=O)[C@H](C(=O)NCc1c[nH]nn1)C3. The van der Waals surface area contributed by atoms with E-state index in [0.29, 0.717) is 42.7 Å². The average molecular weight is 574 g/mol. The van der Waals surface area contributed by atoms with E-state index >= 15 is 0 Å². The van der Waals surface area contributed by atoms with Gasteiger partial charge in [-0.1, -0.05) is 49.7 Å². The van der Waals surface area contributed by atoms with E-state index in [1.54, 1.807) is 30.5 Å². The highest BCUT2D eigenvalue weighted by molar-refractivity contribution is 6.08. The van der Waals surface area contributed by atoms with Crippen molar-refractivity contribution in [1.82, 2.24) is 31.4 Å². The van der Waals surface area contributed by atoms with E-state index < -0.39 is 29.9 Å². The van der Waals surface area contributed by atoms with Crippen LogP contribution in [0, 0.1) is 5.92 Å². The molecule has 4 N–H and O–H groups in total. The number of aromatic amines is 1. The predicted octanol–water partition coefficient (Wildman–Crippen LogP) is 1.66. The number of methoxy groups -OCH3 is 1. The van der Waals surface area contributed by atoms with Crippen LogP contribution in [-0.2, 0) is 33.8 Å². The van der Waals surface area contributed by atoms with Gasteiger partial charge in [-0.2, -0.15) is 0 Å². The largest absolute Gasteiger partial charge is 0.497 e. The zero-order valence-corrected chi connectivity index (χ0v) is 23.8. The van der Waals surface area contributed by atoms with E-state index in [1.165, 1.54) is 12.0 Å². The Morgan fingerprint density at radius 1 is 1.17 bits per heavy atom. The van der Waals surface area contributed by atoms with E-state index in [4.69, 9.17) is 4.74 Å². The van der Waals surface area contributed by atoms with Crippen LogP contribution in [0.5, 0.6) is 5.75 Å². The number of nitrogens with zero attached hydrogens (tertiary/aromatic N) is 3. The van der Waals surface area contributed by atoms with Gasteiger partial charge in [0, 0.05) is 18.2 Å². The van der Waals surface area contributed by atoms with Gasteiger partial charge in [-0.25, -0.2) is 0 Å². The third-order valence-electron chi connectivity index (χ3n) is 8.05. The maximum absolute atomic E-state index is 14.0. The highest BCUT2D eigenvalue weighted by Crippen LogP contribution is 2.39. The summed E-state index contributed by atoms with van der Waals surface area (Å²) in [6.45, 7) is 3.98. The standard InChI is InChI=1S/C30H35N7O5/c1-4-17(2)25(34-27(38)20-9-6-10-22(13-20)42-3)29(40)33-23-12-11-18-7-5-8-19-14-24(37(26(18)19)30(23)41)28(39)31-15-21-16-32-36-35-21/h5-10,13,16-17,23-25H,4,11-12,14-15H2,1-3H3,(H,31,39)(H,33,40)(H,34,38)(H,32,35,36)/t17-,23-,24-,25-/m0/s1. The molecule has 2 aliphatic rings. The highest BCUT2D eigenvalue weighted by atomic mass is 16.5. The van der Waals surface area contributed by atoms with Crippen LogP contribution in [0.2, 0.25) is 0 Å². The van der Waals surface area contributed by atoms with Gasteiger partial charge in [-0.3, -0.25) is 29.2 Å². The quantitative estimate of drug-likeness (QED) is 0.287. The Labute approximate surface area is 243 Å². The number of carbonyl (C=O) groups excluding carboxylic acids is 4. The van der Waals surface area contributed by atoms with Crippen LogP contribution < -0.4 is 25.6 Å². The molecular formula is C30H35N7O5. The van der Waals surface area contributed by atoms with Crippen molar-refractivity contribution in [3.8, 4) is 5.75 Å². The molecule has 0 aliphatic carbocycles. The number of rotatable bonds is 10. The lowest BCUT2D eigenvalue weighted by atomic mass is 9.96. The summed E-state index contributed by atoms with van der Waals surface area (Å²) in [5, 5.41) is 18.8. The number of H-pyrrole nitrogens is 1. The summed E-state index contributed by atoms with van der Waals surface area (Å²) in [5.41, 5.74) is 3.54. The summed E-state index contributed by atoms with van der Waals surface area (Å²) in [6.07, 6.45) is 3.50. The maximum atomic E-state index is 14.0. The Morgan fingerprint density at radius 2 is 1.95 bits per heavy atom. The Bertz CT molecular complexity index is 1470. The molecule has 3 heterocycles. The van der Waals surface area contributed by atoms with Gasteiger partial charge in [-0.15, -0.1) is 5.10 Å². The molecule has 1 aromatic heterocycles. The second-order valence-corrected chi connectivity index (χ2v) is 10.7. The van der Waals surface area contributed by atoms with E-state index in [2.05, 4.69) is 31.4 Å². The van der Waals surface area contributed by atoms with Gasteiger partial charge < -0.3 is 20.7 Å². The van der Waals surface area contributed by atoms with Crippen LogP contribution in [0.15, 0.2) is 48.7 Å². The number of ether oxygens (including phenoxy) is 1. The van der Waals surface area contributed by atoms with Crippen LogP contribution in [-0.4, -0.2) is 64.3 Å². The summed E-state index contributed by atoms with van der Waals surface area (Å²) in [5.74, 6) is -1.20. The molecule has 0 radical (unpaired) electrons. The minimum Gasteiger partial charge on any atom is -0.497 e. The first-order valence-electron chi connectivity index (χ1n) is 14.1. The normalized spacial score (nSPS) is 18.8. The van der Waals surface area contributed by atoms with Crippen molar-refractivity contribution in [3.63, 3.8) is 0 Å². The Hall–Kier alpha value is -4.74. The van der Waals surface area contributed by atoms with E-state index in [-0.39, 0.29) is 24.3 Å². The predicted molar refractivity (Wildman–Crippen MR) is 154 cm³/mol. The summed E-state index contributed by atoms with van der Waals surface area (Å²) in [6, 6.07) is 9.98. The van der Waals surface area contributed by atoms with Gasteiger partial charge >= 0.3 is 0 Å². The molecule has 0 unspecified atom stereocenters. The first kappa shape index (κ1) is 28.8. The summed E-state index contributed by atoms with van der Waals surface area (Å²) in [4.78, 5) is 55.7. The molecule has 2 aromatic carbocycles. The summed E-state index contributed by atoms with van der Waals surface area (Å²) in [7, 11) is 1.52. The molecule has 2 aliphatic heterocycles. The van der Waals surface area contributed by atoms with Crippen molar-refractivity contribution in [3.05, 3.63) is 71.0 Å². The van der Waals surface area contributed by atoms with Crippen molar-refractivity contribution in [1.29, 1.82) is 0 Å². The van der Waals surface area contributed by atoms with Crippen LogP contribution in [0.1, 0.15) is 53.9 Å². The lowest BCUT2D eigenvalue weighted by molar-refractivity contribution is -0.130. The fraction of sp³-hybridized carbons (Fsp3) is 0.400. The number of hydrogen-bond donors (Lipinski definition) is 4. The van der Waals surface area contributed by atoms with Gasteiger partial charge in [0.15, 0.2) is 0 Å². The topological polar surface area (TPSA) is 158 Å². The molecule has 220 valence electrons. The first-order valence-corrected chi connectivity index (χ1v) is 14.1. The number of benzene rings is 2. The second kappa shape index (κ2) is 12.4. The van der Waals surface area contributed by atoms with E-state index in [9.17, 15) is 19.2 Å². The van der Waals surface area contributed by atoms with Crippen molar-refractivity contribution in [2.24, 2.45) is 5.92 Å². The number of nitrogens with one attached hydrogen (secondary N) is 4. The van der Waals surface area contributed by atoms with Gasteiger partial charge in [0.25, 0.3) is 5.91 Å². The van der Waals surface area contributed by atoms with Crippen LogP contribution in [0.25, 0.3) is 0 Å². The molecule has 0 fully saturated rings. The number of anilines is 1. The maximum Gasteiger partial charge on any atom is 0.252 e. The number of carbonyl (C=O) groups is 4. The zero-order chi connectivity index (χ0) is 29.8. The summed E-state index contributed by atoms with van der Waals surface area (Å²) < 4.78 is 5.22. The van der Waals surface area contributed by atoms with E-state index in [0.717, 1.165) is 16.8 Å². The van der Waals surface area contributed by atoms with Crippen molar-refractivity contribution >= 4 is 29.3 Å². The van der Waals surface area contributed by atoms with Gasteiger partial charge in [0.2, 0.25) is 17.7 Å². The third-order valence-corrected chi connectivity index (χ3v) is 8.05. The molecule has 12 nitrogen and oxygen atoms in total. The molecule has 3 aromatic rings. The lowest BCUT2D eigenvalue weighted by Gasteiger charge is -2.30. The van der Waals surface area contributed by atoms with Gasteiger partial charge in [0.05, 0.1) is 19.3 Å². The highest BCUT2D eigenvalue weighted by Gasteiger charge is 2.44. The number of hydrogen-bond acceptors (Lipinski definition) is 7. The van der Waals surface area contributed by atoms with Crippen molar-refractivity contribution < 1.29 is 23.9 Å². The smallest absolute Gasteiger partial charge is 0.252 e. The third kappa shape index (κ3) is 5.83. The van der Waals surface area contributed by atoms with Crippen molar-refractivity contribution in [2.45, 2.75) is 64.2 Å². The van der Waals surface area contributed by atoms with Crippen molar-refractivity contribution in [2.75, 3.05) is 12.0 Å². The fourth-order valence-electron chi connectivity index (χ4n) is 5.53. The zero-order valence-electron chi connectivity index (χ0n) is 23.8. The molecule has 4 amide bonds. The molecule has 4 atom stereocenters. The number of amides is 4. The molecule has 0 saturated carbocycles. The summed E-state index contributed by atoms with van der Waals surface area (Å²) >= 11 is 0. The number of para-hydroxylation sites is 1. The molecule has 0 bridgehead atoms.